The molecule has 0 saturated heterocycles. The molecule has 0 saturated carbocycles. The maximum absolute atomic E-state index is 11.6. The van der Waals surface area contributed by atoms with Gasteiger partial charge in [-0.1, -0.05) is 32.4 Å². The minimum Gasteiger partial charge on any atom is -0.465 e. The van der Waals surface area contributed by atoms with Crippen LogP contribution in [0.1, 0.15) is 32.3 Å². The second-order valence-corrected chi connectivity index (χ2v) is 4.50. The average Bonchev–Trinajstić information content (AvgIpc) is 2.30. The number of carbonyl (C=O) groups is 1. The number of nitrogens with two attached hydrogens (primary N) is 1. The van der Waals surface area contributed by atoms with Crippen LogP contribution in [0, 0.1) is 5.92 Å². The quantitative estimate of drug-likeness (QED) is 0.609. The van der Waals surface area contributed by atoms with Crippen LogP contribution in [-0.2, 0) is 16.0 Å². The minimum absolute atomic E-state index is 0.169. The van der Waals surface area contributed by atoms with E-state index in [1.165, 1.54) is 0 Å². The molecule has 0 bridgehead atoms. The number of hydrogen-bond acceptors (Lipinski definition) is 3. The third-order valence-electron chi connectivity index (χ3n) is 2.64. The number of rotatable bonds is 6. The molecular weight excluding hydrogens is 214 g/mol. The summed E-state index contributed by atoms with van der Waals surface area (Å²) < 4.78 is 5.22. The lowest BCUT2D eigenvalue weighted by molar-refractivity contribution is -0.144. The first-order valence-electron chi connectivity index (χ1n) is 6.12. The third-order valence-corrected chi connectivity index (χ3v) is 2.64. The molecule has 3 heteroatoms. The van der Waals surface area contributed by atoms with E-state index >= 15 is 0 Å². The van der Waals surface area contributed by atoms with Crippen molar-refractivity contribution in [3.63, 3.8) is 0 Å². The van der Waals surface area contributed by atoms with Gasteiger partial charge in [0.25, 0.3) is 0 Å². The maximum atomic E-state index is 11.6. The van der Waals surface area contributed by atoms with E-state index in [0.717, 1.165) is 18.4 Å². The van der Waals surface area contributed by atoms with Gasteiger partial charge in [0, 0.05) is 5.69 Å². The predicted molar refractivity (Wildman–Crippen MR) is 69.6 cm³/mol. The van der Waals surface area contributed by atoms with Crippen LogP contribution in [0.4, 0.5) is 5.69 Å². The first-order chi connectivity index (χ1) is 8.11. The summed E-state index contributed by atoms with van der Waals surface area (Å²) in [5, 5.41) is 0. The van der Waals surface area contributed by atoms with Gasteiger partial charge in [0.05, 0.1) is 13.0 Å². The van der Waals surface area contributed by atoms with Crippen molar-refractivity contribution in [3.05, 3.63) is 29.8 Å². The molecule has 0 spiro atoms. The van der Waals surface area contributed by atoms with Crippen molar-refractivity contribution in [2.45, 2.75) is 33.1 Å². The first kappa shape index (κ1) is 13.6. The summed E-state index contributed by atoms with van der Waals surface area (Å²) in [5.41, 5.74) is 7.22. The fourth-order valence-corrected chi connectivity index (χ4v) is 1.66. The van der Waals surface area contributed by atoms with Crippen molar-refractivity contribution in [1.82, 2.24) is 0 Å². The van der Waals surface area contributed by atoms with Gasteiger partial charge in [-0.15, -0.1) is 0 Å². The van der Waals surface area contributed by atoms with Gasteiger partial charge in [-0.25, -0.2) is 0 Å². The molecule has 94 valence electrons. The Morgan fingerprint density at radius 3 is 2.59 bits per heavy atom. The van der Waals surface area contributed by atoms with Crippen LogP contribution in [0.15, 0.2) is 24.3 Å². The molecule has 1 atom stereocenters. The SMILES string of the molecule is CCCC(C)COC(=O)Cc1ccc(N)cc1. The van der Waals surface area contributed by atoms with Gasteiger partial charge in [0.1, 0.15) is 0 Å². The fraction of sp³-hybridized carbons (Fsp3) is 0.500. The number of esters is 1. The molecule has 1 unspecified atom stereocenters. The number of carbonyl (C=O) groups excluding carboxylic acids is 1. The highest BCUT2D eigenvalue weighted by Crippen LogP contribution is 2.09. The van der Waals surface area contributed by atoms with E-state index in [4.69, 9.17) is 10.5 Å². The molecule has 1 aromatic carbocycles. The second kappa shape index (κ2) is 6.94. The molecule has 17 heavy (non-hydrogen) atoms. The molecule has 0 heterocycles. The summed E-state index contributed by atoms with van der Waals surface area (Å²) in [5.74, 6) is 0.271. The third kappa shape index (κ3) is 5.38. The van der Waals surface area contributed by atoms with E-state index < -0.39 is 0 Å². The number of hydrogen-bond donors (Lipinski definition) is 1. The van der Waals surface area contributed by atoms with Crippen molar-refractivity contribution in [1.29, 1.82) is 0 Å². The predicted octanol–water partition coefficient (Wildman–Crippen LogP) is 2.79. The molecule has 2 N–H and O–H groups in total. The molecule has 3 nitrogen and oxygen atoms in total. The Morgan fingerprint density at radius 2 is 2.00 bits per heavy atom. The molecule has 0 aliphatic carbocycles. The lowest BCUT2D eigenvalue weighted by Crippen LogP contribution is -2.13. The lowest BCUT2D eigenvalue weighted by Gasteiger charge is -2.10. The van der Waals surface area contributed by atoms with Crippen molar-refractivity contribution in [3.8, 4) is 0 Å². The zero-order valence-corrected chi connectivity index (χ0v) is 10.6. The van der Waals surface area contributed by atoms with Crippen LogP contribution in [-0.4, -0.2) is 12.6 Å². The Balaban J connectivity index is 2.32. The topological polar surface area (TPSA) is 52.3 Å². The Bertz CT molecular complexity index is 346. The van der Waals surface area contributed by atoms with E-state index in [0.29, 0.717) is 24.6 Å². The zero-order chi connectivity index (χ0) is 12.7. The summed E-state index contributed by atoms with van der Waals surface area (Å²) in [6.07, 6.45) is 2.53. The number of nitrogen functional groups attached to an aromatic ring is 1. The number of benzene rings is 1. The van der Waals surface area contributed by atoms with Gasteiger partial charge in [0.15, 0.2) is 0 Å². The zero-order valence-electron chi connectivity index (χ0n) is 10.6. The van der Waals surface area contributed by atoms with Gasteiger partial charge < -0.3 is 10.5 Å². The standard InChI is InChI=1S/C14H21NO2/c1-3-4-11(2)10-17-14(16)9-12-5-7-13(15)8-6-12/h5-8,11H,3-4,9-10,15H2,1-2H3. The van der Waals surface area contributed by atoms with Crippen LogP contribution in [0.25, 0.3) is 0 Å². The van der Waals surface area contributed by atoms with Crippen LogP contribution in [0.3, 0.4) is 0 Å². The summed E-state index contributed by atoms with van der Waals surface area (Å²) in [6.45, 7) is 4.74. The fourth-order valence-electron chi connectivity index (χ4n) is 1.66. The summed E-state index contributed by atoms with van der Waals surface area (Å²) in [6, 6.07) is 7.29. The summed E-state index contributed by atoms with van der Waals surface area (Å²) >= 11 is 0. The molecule has 1 aromatic rings. The summed E-state index contributed by atoms with van der Waals surface area (Å²) in [7, 11) is 0. The van der Waals surface area contributed by atoms with Crippen molar-refractivity contribution in [2.24, 2.45) is 5.92 Å². The smallest absolute Gasteiger partial charge is 0.310 e. The van der Waals surface area contributed by atoms with Crippen LogP contribution in [0.2, 0.25) is 0 Å². The highest BCUT2D eigenvalue weighted by molar-refractivity contribution is 5.72. The highest BCUT2D eigenvalue weighted by atomic mass is 16.5. The number of anilines is 1. The Hall–Kier alpha value is -1.51. The van der Waals surface area contributed by atoms with E-state index in [-0.39, 0.29) is 5.97 Å². The van der Waals surface area contributed by atoms with Gasteiger partial charge in [-0.05, 0) is 30.0 Å². The van der Waals surface area contributed by atoms with Crippen LogP contribution >= 0.6 is 0 Å². The van der Waals surface area contributed by atoms with E-state index in [2.05, 4.69) is 13.8 Å². The first-order valence-corrected chi connectivity index (χ1v) is 6.12. The largest absolute Gasteiger partial charge is 0.465 e. The van der Waals surface area contributed by atoms with Crippen molar-refractivity contribution >= 4 is 11.7 Å². The van der Waals surface area contributed by atoms with E-state index in [1.54, 1.807) is 12.1 Å². The molecule has 0 fully saturated rings. The molecule has 0 aliphatic heterocycles. The van der Waals surface area contributed by atoms with Gasteiger partial charge >= 0.3 is 5.97 Å². The van der Waals surface area contributed by atoms with E-state index in [9.17, 15) is 4.79 Å². The average molecular weight is 235 g/mol. The highest BCUT2D eigenvalue weighted by Gasteiger charge is 2.07. The van der Waals surface area contributed by atoms with E-state index in [1.807, 2.05) is 12.1 Å². The van der Waals surface area contributed by atoms with Gasteiger partial charge in [-0.3, -0.25) is 4.79 Å². The molecule has 0 amide bonds. The Kier molecular flexibility index (Phi) is 5.53. The molecule has 1 rings (SSSR count). The van der Waals surface area contributed by atoms with Crippen molar-refractivity contribution in [2.75, 3.05) is 12.3 Å². The van der Waals surface area contributed by atoms with Gasteiger partial charge in [0.2, 0.25) is 0 Å². The second-order valence-electron chi connectivity index (χ2n) is 4.50. The normalized spacial score (nSPS) is 12.1. The van der Waals surface area contributed by atoms with Crippen LogP contribution < -0.4 is 5.73 Å². The Labute approximate surface area is 103 Å². The molecule has 0 aliphatic rings. The van der Waals surface area contributed by atoms with Gasteiger partial charge in [-0.2, -0.15) is 0 Å². The van der Waals surface area contributed by atoms with Crippen LogP contribution in [0.5, 0.6) is 0 Å². The molecule has 0 aromatic heterocycles. The molecule has 0 radical (unpaired) electrons. The summed E-state index contributed by atoms with van der Waals surface area (Å²) in [4.78, 5) is 11.6. The lowest BCUT2D eigenvalue weighted by atomic mass is 10.1. The minimum atomic E-state index is -0.169. The Morgan fingerprint density at radius 1 is 1.35 bits per heavy atom. The monoisotopic (exact) mass is 235 g/mol. The van der Waals surface area contributed by atoms with Crippen molar-refractivity contribution < 1.29 is 9.53 Å². The number of ether oxygens (including phenoxy) is 1. The molecular formula is C14H21NO2. The maximum Gasteiger partial charge on any atom is 0.310 e.